The molecule has 6 atom stereocenters. The third-order valence-corrected chi connectivity index (χ3v) is 7.08. The van der Waals surface area contributed by atoms with Gasteiger partial charge in [-0.15, -0.1) is 0 Å². The summed E-state index contributed by atoms with van der Waals surface area (Å²) in [5.41, 5.74) is 16.6. The summed E-state index contributed by atoms with van der Waals surface area (Å²) in [6, 6.07) is -5.29. The number of carboxylic acid groups (broad SMARTS) is 1. The van der Waals surface area contributed by atoms with Crippen LogP contribution in [0.4, 0.5) is 0 Å². The molecule has 0 aliphatic heterocycles. The minimum atomic E-state index is -1.17. The highest BCUT2D eigenvalue weighted by atomic mass is 16.4. The maximum Gasteiger partial charge on any atom is 0.326 e. The van der Waals surface area contributed by atoms with Gasteiger partial charge in [0.25, 0.3) is 0 Å². The van der Waals surface area contributed by atoms with Crippen molar-refractivity contribution in [2.45, 2.75) is 123 Å². The van der Waals surface area contributed by atoms with Gasteiger partial charge < -0.3 is 43.6 Å². The molecule has 0 heterocycles. The fraction of sp³-hybridized carbons (Fsp3) is 0.793. The lowest BCUT2D eigenvalue weighted by Gasteiger charge is -2.28. The second-order valence-electron chi connectivity index (χ2n) is 12.0. The lowest BCUT2D eigenvalue weighted by molar-refractivity contribution is -0.144. The molecule has 0 aromatic carbocycles. The first-order valence-electron chi connectivity index (χ1n) is 15.2. The van der Waals surface area contributed by atoms with Crippen molar-refractivity contribution in [2.75, 3.05) is 6.54 Å². The summed E-state index contributed by atoms with van der Waals surface area (Å²) in [4.78, 5) is 75.6. The Bertz CT molecular complexity index is 929. The van der Waals surface area contributed by atoms with Crippen molar-refractivity contribution < 1.29 is 33.9 Å². The molecule has 43 heavy (non-hydrogen) atoms. The quantitative estimate of drug-likeness (QED) is 0.0756. The third kappa shape index (κ3) is 16.2. The zero-order valence-corrected chi connectivity index (χ0v) is 26.6. The summed E-state index contributed by atoms with van der Waals surface area (Å²) < 4.78 is 0. The van der Waals surface area contributed by atoms with Crippen molar-refractivity contribution in [3.8, 4) is 0 Å². The number of carbonyl (C=O) groups excluding carboxylic acids is 5. The number of unbranched alkanes of at least 4 members (excludes halogenated alkanes) is 1. The number of rotatable bonds is 22. The molecule has 0 rings (SSSR count). The van der Waals surface area contributed by atoms with Gasteiger partial charge in [0, 0.05) is 6.42 Å². The van der Waals surface area contributed by atoms with Gasteiger partial charge in [0.1, 0.15) is 24.2 Å². The fourth-order valence-corrected chi connectivity index (χ4v) is 4.36. The average Bonchev–Trinajstić information content (AvgIpc) is 2.91. The average molecular weight is 614 g/mol. The molecule has 0 bridgehead atoms. The summed E-state index contributed by atoms with van der Waals surface area (Å²) in [7, 11) is 0. The van der Waals surface area contributed by atoms with E-state index in [1.165, 1.54) is 0 Å². The number of carbonyl (C=O) groups is 6. The van der Waals surface area contributed by atoms with Crippen LogP contribution in [0.3, 0.4) is 0 Å². The van der Waals surface area contributed by atoms with E-state index < -0.39 is 65.7 Å². The highest BCUT2D eigenvalue weighted by Gasteiger charge is 2.33. The van der Waals surface area contributed by atoms with Crippen LogP contribution in [0.25, 0.3) is 0 Å². The highest BCUT2D eigenvalue weighted by Crippen LogP contribution is 2.12. The number of carboxylic acids is 1. The number of aliphatic carboxylic acids is 1. The fourth-order valence-electron chi connectivity index (χ4n) is 4.36. The molecule has 0 spiro atoms. The van der Waals surface area contributed by atoms with Gasteiger partial charge in [-0.3, -0.25) is 24.0 Å². The standard InChI is InChI=1S/C29H55N7O7/c1-7-18(6)24(29(42)43)36-26(39)20(10-8-9-13-30)33-27(40)22(15-17(4)5)35-28(41)21(14-16(2)3)34-25(38)19(31)11-12-23(32)37/h16-22,24H,7-15,30-31H2,1-6H3,(H2,32,37)(H,33,40)(H,34,38)(H,35,41)(H,36,39)(H,42,43)/t18-,19-,20-,21-,22-,24-/m0/s1. The van der Waals surface area contributed by atoms with Gasteiger partial charge in [-0.1, -0.05) is 48.0 Å². The van der Waals surface area contributed by atoms with Crippen LogP contribution >= 0.6 is 0 Å². The van der Waals surface area contributed by atoms with Crippen LogP contribution in [0.1, 0.15) is 92.9 Å². The van der Waals surface area contributed by atoms with E-state index in [0.29, 0.717) is 25.8 Å². The molecule has 11 N–H and O–H groups in total. The first-order valence-corrected chi connectivity index (χ1v) is 15.2. The minimum Gasteiger partial charge on any atom is -0.480 e. The predicted molar refractivity (Wildman–Crippen MR) is 163 cm³/mol. The number of amides is 5. The van der Waals surface area contributed by atoms with Gasteiger partial charge in [-0.05, 0) is 62.8 Å². The Labute approximate surface area is 255 Å². The maximum absolute atomic E-state index is 13.5. The Morgan fingerprint density at radius 1 is 0.698 bits per heavy atom. The van der Waals surface area contributed by atoms with E-state index in [4.69, 9.17) is 17.2 Å². The summed E-state index contributed by atoms with van der Waals surface area (Å²) in [5.74, 6) is -4.62. The Morgan fingerprint density at radius 3 is 1.58 bits per heavy atom. The van der Waals surface area contributed by atoms with Crippen LogP contribution in [0.5, 0.6) is 0 Å². The van der Waals surface area contributed by atoms with Gasteiger partial charge in [-0.2, -0.15) is 0 Å². The second-order valence-corrected chi connectivity index (χ2v) is 12.0. The van der Waals surface area contributed by atoms with Gasteiger partial charge in [0.05, 0.1) is 6.04 Å². The molecule has 0 aliphatic carbocycles. The van der Waals surface area contributed by atoms with Gasteiger partial charge in [0.2, 0.25) is 29.5 Å². The molecule has 0 aromatic rings. The first kappa shape index (κ1) is 39.7. The van der Waals surface area contributed by atoms with Crippen LogP contribution in [0.2, 0.25) is 0 Å². The van der Waals surface area contributed by atoms with Crippen molar-refractivity contribution in [2.24, 2.45) is 35.0 Å². The molecular formula is C29H55N7O7. The Hall–Kier alpha value is -3.26. The van der Waals surface area contributed by atoms with Crippen molar-refractivity contribution in [1.29, 1.82) is 0 Å². The monoisotopic (exact) mass is 613 g/mol. The Kier molecular flexibility index (Phi) is 19.0. The lowest BCUT2D eigenvalue weighted by Crippen LogP contribution is -2.59. The maximum atomic E-state index is 13.5. The van der Waals surface area contributed by atoms with Gasteiger partial charge in [0.15, 0.2) is 0 Å². The van der Waals surface area contributed by atoms with Crippen molar-refractivity contribution >= 4 is 35.5 Å². The molecule has 0 aromatic heterocycles. The number of nitrogens with two attached hydrogens (primary N) is 3. The summed E-state index contributed by atoms with van der Waals surface area (Å²) in [6.07, 6.45) is 2.27. The zero-order valence-electron chi connectivity index (χ0n) is 26.6. The number of hydrogen-bond donors (Lipinski definition) is 8. The molecular weight excluding hydrogens is 558 g/mol. The number of hydrogen-bond acceptors (Lipinski definition) is 8. The first-order chi connectivity index (χ1) is 20.0. The largest absolute Gasteiger partial charge is 0.480 e. The van der Waals surface area contributed by atoms with Gasteiger partial charge in [-0.25, -0.2) is 4.79 Å². The molecule has 0 fully saturated rings. The van der Waals surface area contributed by atoms with Crippen LogP contribution in [-0.4, -0.2) is 77.4 Å². The molecule has 0 saturated carbocycles. The lowest BCUT2D eigenvalue weighted by atomic mass is 9.97. The van der Waals surface area contributed by atoms with E-state index >= 15 is 0 Å². The van der Waals surface area contributed by atoms with E-state index in [1.807, 2.05) is 34.6 Å². The number of primary amides is 1. The SMILES string of the molecule is CC[C@H](C)[C@H](NC(=O)[C@H](CCCCN)NC(=O)[C@H](CC(C)C)NC(=O)[C@H](CC(C)C)NC(=O)[C@@H](N)CCC(N)=O)C(=O)O. The third-order valence-electron chi connectivity index (χ3n) is 7.08. The Morgan fingerprint density at radius 2 is 1.16 bits per heavy atom. The number of nitrogens with one attached hydrogen (secondary N) is 4. The van der Waals surface area contributed by atoms with Crippen molar-refractivity contribution in [3.05, 3.63) is 0 Å². The van der Waals surface area contributed by atoms with Gasteiger partial charge >= 0.3 is 5.97 Å². The van der Waals surface area contributed by atoms with Crippen LogP contribution < -0.4 is 38.5 Å². The zero-order chi connectivity index (χ0) is 33.3. The second kappa shape index (κ2) is 20.6. The molecule has 248 valence electrons. The molecule has 14 heteroatoms. The van der Waals surface area contributed by atoms with E-state index in [1.54, 1.807) is 6.92 Å². The van der Waals surface area contributed by atoms with Crippen LogP contribution in [-0.2, 0) is 28.8 Å². The molecule has 0 saturated heterocycles. The predicted octanol–water partition coefficient (Wildman–Crippen LogP) is -0.130. The summed E-state index contributed by atoms with van der Waals surface area (Å²) in [6.45, 7) is 11.4. The van der Waals surface area contributed by atoms with Crippen LogP contribution in [0.15, 0.2) is 0 Å². The smallest absolute Gasteiger partial charge is 0.326 e. The molecule has 14 nitrogen and oxygen atoms in total. The Balaban J connectivity index is 5.90. The van der Waals surface area contributed by atoms with Crippen molar-refractivity contribution in [3.63, 3.8) is 0 Å². The van der Waals surface area contributed by atoms with E-state index in [9.17, 15) is 33.9 Å². The highest BCUT2D eigenvalue weighted by molar-refractivity contribution is 5.95. The topological polar surface area (TPSA) is 249 Å². The molecule has 0 unspecified atom stereocenters. The molecule has 5 amide bonds. The molecule has 0 aliphatic rings. The normalized spacial score (nSPS) is 15.5. The summed E-state index contributed by atoms with van der Waals surface area (Å²) >= 11 is 0. The minimum absolute atomic E-state index is 0.00131. The molecule has 0 radical (unpaired) electrons. The van der Waals surface area contributed by atoms with E-state index in [-0.39, 0.29) is 49.9 Å². The van der Waals surface area contributed by atoms with Crippen molar-refractivity contribution in [1.82, 2.24) is 21.3 Å². The summed E-state index contributed by atoms with van der Waals surface area (Å²) in [5, 5.41) is 20.2. The van der Waals surface area contributed by atoms with Crippen LogP contribution in [0, 0.1) is 17.8 Å². The van der Waals surface area contributed by atoms with E-state index in [2.05, 4.69) is 21.3 Å². The van der Waals surface area contributed by atoms with E-state index in [0.717, 1.165) is 0 Å².